The number of aliphatic hydroxyl groups excluding tert-OH is 1. The van der Waals surface area contributed by atoms with E-state index in [9.17, 15) is 18.3 Å². The first kappa shape index (κ1) is 19.3. The Morgan fingerprint density at radius 1 is 1.17 bits per heavy atom. The van der Waals surface area contributed by atoms with E-state index in [2.05, 4.69) is 10.3 Å². The standard InChI is InChI=1S/C18H19F3N2O5S/c19-18(20,21)15-4-9(8-1-2-11-12(3-8)27-7-26-11)22-17(23-15)29-14-5-10(24)16-25-6-13(14)28-16/h1-3,9-10,13-16,24H,4-7H2,(H,22,23)/t9-,10-,13-,14+,15-,16+/m0/s1. The Hall–Kier alpha value is -1.69. The molecule has 2 saturated heterocycles. The van der Waals surface area contributed by atoms with Gasteiger partial charge in [-0.25, -0.2) is 0 Å². The zero-order chi connectivity index (χ0) is 20.2. The summed E-state index contributed by atoms with van der Waals surface area (Å²) in [6, 6.07) is 2.68. The van der Waals surface area contributed by atoms with Crippen molar-refractivity contribution in [1.29, 1.82) is 0 Å². The Kier molecular flexibility index (Phi) is 4.80. The molecule has 11 heteroatoms. The van der Waals surface area contributed by atoms with Crippen molar-refractivity contribution in [3.8, 4) is 11.5 Å². The van der Waals surface area contributed by atoms with Gasteiger partial charge in [-0.15, -0.1) is 0 Å². The van der Waals surface area contributed by atoms with Crippen molar-refractivity contribution >= 4 is 16.9 Å². The van der Waals surface area contributed by atoms with E-state index in [0.29, 0.717) is 30.1 Å². The molecule has 0 unspecified atom stereocenters. The van der Waals surface area contributed by atoms with Crippen molar-refractivity contribution in [3.05, 3.63) is 23.8 Å². The molecule has 1 aromatic rings. The normalized spacial score (nSPS) is 35.9. The number of hydrogen-bond acceptors (Lipinski definition) is 8. The number of aliphatic hydroxyl groups is 1. The van der Waals surface area contributed by atoms with E-state index in [4.69, 9.17) is 18.9 Å². The predicted molar refractivity (Wildman–Crippen MR) is 97.0 cm³/mol. The molecule has 0 radical (unpaired) electrons. The van der Waals surface area contributed by atoms with Crippen molar-refractivity contribution in [3.63, 3.8) is 0 Å². The summed E-state index contributed by atoms with van der Waals surface area (Å²) in [6.45, 7) is 0.399. The van der Waals surface area contributed by atoms with Crippen LogP contribution in [0.15, 0.2) is 23.2 Å². The van der Waals surface area contributed by atoms with Gasteiger partial charge >= 0.3 is 6.18 Å². The fourth-order valence-electron chi connectivity index (χ4n) is 3.88. The fraction of sp³-hybridized carbons (Fsp3) is 0.611. The molecule has 6 atom stereocenters. The molecule has 2 N–H and O–H groups in total. The molecule has 4 heterocycles. The van der Waals surface area contributed by atoms with Gasteiger partial charge in [-0.2, -0.15) is 13.2 Å². The molecule has 0 aliphatic carbocycles. The van der Waals surface area contributed by atoms with Crippen molar-refractivity contribution in [1.82, 2.24) is 5.32 Å². The number of benzene rings is 1. The van der Waals surface area contributed by atoms with E-state index in [0.717, 1.165) is 0 Å². The summed E-state index contributed by atoms with van der Waals surface area (Å²) < 4.78 is 62.2. The van der Waals surface area contributed by atoms with Gasteiger partial charge in [-0.3, -0.25) is 4.99 Å². The second kappa shape index (κ2) is 7.22. The van der Waals surface area contributed by atoms with Gasteiger partial charge in [0.1, 0.15) is 12.1 Å². The molecule has 0 amide bonds. The van der Waals surface area contributed by atoms with E-state index >= 15 is 0 Å². The van der Waals surface area contributed by atoms with Crippen LogP contribution < -0.4 is 14.8 Å². The zero-order valence-electron chi connectivity index (χ0n) is 15.1. The Morgan fingerprint density at radius 3 is 2.83 bits per heavy atom. The SMILES string of the molecule is O[C@H]1C[C@@H](SC2=N[C@H](c3ccc4c(c3)OCO4)C[C@@H](C(F)(F)F)N2)[C@@H]2CO[C@@H]1O2. The van der Waals surface area contributed by atoms with Crippen LogP contribution >= 0.6 is 11.8 Å². The van der Waals surface area contributed by atoms with Crippen LogP contribution in [0.2, 0.25) is 0 Å². The molecular formula is C18H19F3N2O5S. The highest BCUT2D eigenvalue weighted by Crippen LogP contribution is 2.41. The molecule has 4 aliphatic heterocycles. The maximum absolute atomic E-state index is 13.6. The second-order valence-electron chi connectivity index (χ2n) is 7.37. The first-order valence-electron chi connectivity index (χ1n) is 9.29. The van der Waals surface area contributed by atoms with Gasteiger partial charge in [0, 0.05) is 11.7 Å². The molecule has 0 saturated carbocycles. The second-order valence-corrected chi connectivity index (χ2v) is 8.60. The lowest BCUT2D eigenvalue weighted by Crippen LogP contribution is -2.49. The van der Waals surface area contributed by atoms with Crippen LogP contribution in [0.25, 0.3) is 0 Å². The number of halogens is 3. The quantitative estimate of drug-likeness (QED) is 0.743. The number of fused-ring (bicyclic) bond motifs is 3. The van der Waals surface area contributed by atoms with Gasteiger partial charge < -0.3 is 29.4 Å². The third-order valence-corrected chi connectivity index (χ3v) is 6.65. The summed E-state index contributed by atoms with van der Waals surface area (Å²) in [4.78, 5) is 4.54. The lowest BCUT2D eigenvalue weighted by molar-refractivity contribution is -0.155. The first-order chi connectivity index (χ1) is 13.9. The topological polar surface area (TPSA) is 81.5 Å². The molecule has 1 aromatic carbocycles. The van der Waals surface area contributed by atoms with E-state index in [1.165, 1.54) is 11.8 Å². The first-order valence-corrected chi connectivity index (χ1v) is 10.2. The predicted octanol–water partition coefficient (Wildman–Crippen LogP) is 2.34. The maximum atomic E-state index is 13.6. The van der Waals surface area contributed by atoms with Gasteiger partial charge in [0.2, 0.25) is 6.79 Å². The number of aliphatic imine (C=N–C) groups is 1. The summed E-state index contributed by atoms with van der Waals surface area (Å²) in [6.07, 6.45) is -6.01. The largest absolute Gasteiger partial charge is 0.454 e. The summed E-state index contributed by atoms with van der Waals surface area (Å²) in [7, 11) is 0. The monoisotopic (exact) mass is 432 g/mol. The van der Waals surface area contributed by atoms with Gasteiger partial charge in [-0.05, 0) is 24.1 Å². The van der Waals surface area contributed by atoms with E-state index < -0.39 is 30.7 Å². The molecule has 2 bridgehead atoms. The van der Waals surface area contributed by atoms with E-state index in [1.807, 2.05) is 0 Å². The smallest absolute Gasteiger partial charge is 0.408 e. The molecule has 7 nitrogen and oxygen atoms in total. The minimum Gasteiger partial charge on any atom is -0.454 e. The molecular weight excluding hydrogens is 413 g/mol. The molecule has 5 rings (SSSR count). The number of rotatable bonds is 2. The van der Waals surface area contributed by atoms with Crippen LogP contribution in [0.4, 0.5) is 13.2 Å². The zero-order valence-corrected chi connectivity index (χ0v) is 15.9. The van der Waals surface area contributed by atoms with Gasteiger partial charge in [-0.1, -0.05) is 17.8 Å². The summed E-state index contributed by atoms with van der Waals surface area (Å²) in [5, 5.41) is 12.5. The lowest BCUT2D eigenvalue weighted by atomic mass is 9.98. The van der Waals surface area contributed by atoms with Crippen molar-refractivity contribution in [2.45, 2.75) is 54.8 Å². The number of amidine groups is 1. The summed E-state index contributed by atoms with van der Waals surface area (Å²) >= 11 is 1.17. The van der Waals surface area contributed by atoms with Crippen LogP contribution in [-0.4, -0.2) is 59.6 Å². The van der Waals surface area contributed by atoms with E-state index in [1.54, 1.807) is 18.2 Å². The van der Waals surface area contributed by atoms with Gasteiger partial charge in [0.05, 0.1) is 18.8 Å². The van der Waals surface area contributed by atoms with Crippen LogP contribution in [-0.2, 0) is 9.47 Å². The molecule has 4 aliphatic rings. The van der Waals surface area contributed by atoms with Crippen LogP contribution in [0.5, 0.6) is 11.5 Å². The Morgan fingerprint density at radius 2 is 2.00 bits per heavy atom. The fourth-order valence-corrected chi connectivity index (χ4v) is 5.15. The van der Waals surface area contributed by atoms with Crippen LogP contribution in [0, 0.1) is 0 Å². The number of hydrogen-bond donors (Lipinski definition) is 2. The Balaban J connectivity index is 1.40. The van der Waals surface area contributed by atoms with Gasteiger partial charge in [0.25, 0.3) is 0 Å². The highest BCUT2D eigenvalue weighted by atomic mass is 32.2. The van der Waals surface area contributed by atoms with Crippen LogP contribution in [0.1, 0.15) is 24.4 Å². The summed E-state index contributed by atoms with van der Waals surface area (Å²) in [5.74, 6) is 1.07. The van der Waals surface area contributed by atoms with Gasteiger partial charge in [0.15, 0.2) is 23.0 Å². The Bertz CT molecular complexity index is 823. The highest BCUT2D eigenvalue weighted by molar-refractivity contribution is 8.14. The highest BCUT2D eigenvalue weighted by Gasteiger charge is 2.47. The minimum absolute atomic E-state index is 0.0923. The average Bonchev–Trinajstić information content (AvgIpc) is 3.32. The maximum Gasteiger partial charge on any atom is 0.408 e. The van der Waals surface area contributed by atoms with Crippen molar-refractivity contribution in [2.24, 2.45) is 4.99 Å². The van der Waals surface area contributed by atoms with Crippen LogP contribution in [0.3, 0.4) is 0 Å². The van der Waals surface area contributed by atoms with E-state index in [-0.39, 0.29) is 29.7 Å². The summed E-state index contributed by atoms with van der Waals surface area (Å²) in [5.41, 5.74) is 0.632. The molecule has 2 fully saturated rings. The number of nitrogens with zero attached hydrogens (tertiary/aromatic N) is 1. The lowest BCUT2D eigenvalue weighted by Gasteiger charge is -2.34. The molecule has 0 aromatic heterocycles. The molecule has 158 valence electrons. The Labute approximate surface area is 168 Å². The van der Waals surface area contributed by atoms with Crippen molar-refractivity contribution < 1.29 is 37.2 Å². The molecule has 0 spiro atoms. The number of alkyl halides is 3. The minimum atomic E-state index is -4.42. The number of thioether (sulfide) groups is 1. The third-order valence-electron chi connectivity index (χ3n) is 5.41. The third kappa shape index (κ3) is 3.76. The molecule has 29 heavy (non-hydrogen) atoms. The van der Waals surface area contributed by atoms with Crippen molar-refractivity contribution in [2.75, 3.05) is 13.4 Å². The number of nitrogens with one attached hydrogen (secondary N) is 1. The number of ether oxygens (including phenoxy) is 4. The average molecular weight is 432 g/mol.